The van der Waals surface area contributed by atoms with Crippen molar-refractivity contribution in [3.63, 3.8) is 0 Å². The van der Waals surface area contributed by atoms with Crippen molar-refractivity contribution in [3.05, 3.63) is 48.2 Å². The second-order valence-electron chi connectivity index (χ2n) is 6.10. The lowest BCUT2D eigenvalue weighted by Crippen LogP contribution is -2.39. The molecule has 0 unspecified atom stereocenters. The molecule has 122 valence electrons. The Morgan fingerprint density at radius 1 is 1.30 bits per heavy atom. The molecule has 1 aromatic carbocycles. The minimum atomic E-state index is -0.944. The van der Waals surface area contributed by atoms with E-state index in [1.165, 1.54) is 4.90 Å². The van der Waals surface area contributed by atoms with E-state index in [0.29, 0.717) is 11.3 Å². The highest BCUT2D eigenvalue weighted by Gasteiger charge is 2.21. The van der Waals surface area contributed by atoms with Crippen LogP contribution in [-0.2, 0) is 0 Å². The van der Waals surface area contributed by atoms with Crippen molar-refractivity contribution in [1.82, 2.24) is 9.88 Å². The topological polar surface area (TPSA) is 62.7 Å². The van der Waals surface area contributed by atoms with Crippen LogP contribution in [0.4, 0.5) is 0 Å². The number of pyridine rings is 1. The molecule has 5 nitrogen and oxygen atoms in total. The Bertz CT molecular complexity index is 678. The normalized spacial score (nSPS) is 11.2. The second-order valence-corrected chi connectivity index (χ2v) is 6.10. The number of rotatable bonds is 5. The lowest BCUT2D eigenvalue weighted by atomic mass is 10.0. The van der Waals surface area contributed by atoms with E-state index in [2.05, 4.69) is 4.98 Å². The maximum Gasteiger partial charge on any atom is 0.253 e. The second kappa shape index (κ2) is 6.79. The Balaban J connectivity index is 2.36. The molecule has 0 bridgehead atoms. The van der Waals surface area contributed by atoms with Crippen LogP contribution in [0.15, 0.2) is 42.6 Å². The average Bonchev–Trinajstić information content (AvgIpc) is 2.52. The Kier molecular flexibility index (Phi) is 5.01. The highest BCUT2D eigenvalue weighted by Crippen LogP contribution is 2.29. The van der Waals surface area contributed by atoms with Crippen LogP contribution >= 0.6 is 0 Å². The van der Waals surface area contributed by atoms with E-state index in [-0.39, 0.29) is 12.5 Å². The van der Waals surface area contributed by atoms with Gasteiger partial charge in [0, 0.05) is 30.9 Å². The fourth-order valence-electron chi connectivity index (χ4n) is 2.44. The molecular weight excluding hydrogens is 292 g/mol. The number of amides is 1. The third-order valence-corrected chi connectivity index (χ3v) is 3.36. The van der Waals surface area contributed by atoms with Crippen LogP contribution in [0.5, 0.6) is 5.75 Å². The molecule has 1 heterocycles. The maximum atomic E-state index is 12.6. The van der Waals surface area contributed by atoms with Gasteiger partial charge in [0.05, 0.1) is 18.4 Å². The number of carbonyl (C=O) groups is 1. The molecule has 0 aliphatic carbocycles. The number of benzene rings is 1. The number of nitrogens with zero attached hydrogens (tertiary/aromatic N) is 2. The van der Waals surface area contributed by atoms with Gasteiger partial charge in [-0.25, -0.2) is 0 Å². The number of methoxy groups -OCH3 is 1. The third kappa shape index (κ3) is 4.29. The lowest BCUT2D eigenvalue weighted by molar-refractivity contribution is 0.0368. The zero-order chi connectivity index (χ0) is 17.0. The molecule has 2 aromatic rings. The number of aliphatic hydroxyl groups is 1. The van der Waals surface area contributed by atoms with Gasteiger partial charge in [0.2, 0.25) is 0 Å². The molecule has 0 aliphatic rings. The molecule has 1 amide bonds. The van der Waals surface area contributed by atoms with Crippen molar-refractivity contribution in [2.45, 2.75) is 19.4 Å². The average molecular weight is 314 g/mol. The van der Waals surface area contributed by atoms with E-state index in [4.69, 9.17) is 4.74 Å². The molecule has 1 aromatic heterocycles. The van der Waals surface area contributed by atoms with Gasteiger partial charge < -0.3 is 14.7 Å². The first-order valence-corrected chi connectivity index (χ1v) is 7.39. The van der Waals surface area contributed by atoms with Crippen LogP contribution in [0.1, 0.15) is 24.2 Å². The summed E-state index contributed by atoms with van der Waals surface area (Å²) in [5.74, 6) is 0.498. The number of hydrogen-bond donors (Lipinski definition) is 1. The largest absolute Gasteiger partial charge is 0.496 e. The molecular formula is C18H22N2O3. The van der Waals surface area contributed by atoms with E-state index in [1.54, 1.807) is 52.4 Å². The minimum Gasteiger partial charge on any atom is -0.496 e. The van der Waals surface area contributed by atoms with Crippen molar-refractivity contribution >= 4 is 5.91 Å². The first-order valence-electron chi connectivity index (χ1n) is 7.39. The lowest BCUT2D eigenvalue weighted by Gasteiger charge is -2.25. The quantitative estimate of drug-likeness (QED) is 0.921. The van der Waals surface area contributed by atoms with Crippen molar-refractivity contribution in [2.75, 3.05) is 20.7 Å². The Morgan fingerprint density at radius 2 is 2.04 bits per heavy atom. The van der Waals surface area contributed by atoms with Crippen LogP contribution in [-0.4, -0.2) is 47.2 Å². The van der Waals surface area contributed by atoms with Crippen molar-refractivity contribution in [1.29, 1.82) is 0 Å². The van der Waals surface area contributed by atoms with Gasteiger partial charge in [-0.1, -0.05) is 6.07 Å². The predicted molar refractivity (Wildman–Crippen MR) is 89.5 cm³/mol. The number of aromatic nitrogens is 1. The van der Waals surface area contributed by atoms with Crippen LogP contribution in [0, 0.1) is 0 Å². The summed E-state index contributed by atoms with van der Waals surface area (Å²) in [7, 11) is 3.26. The molecule has 0 spiro atoms. The molecule has 23 heavy (non-hydrogen) atoms. The van der Waals surface area contributed by atoms with Crippen molar-refractivity contribution in [3.8, 4) is 17.0 Å². The van der Waals surface area contributed by atoms with E-state index >= 15 is 0 Å². The van der Waals surface area contributed by atoms with Gasteiger partial charge in [-0.2, -0.15) is 0 Å². The number of hydrogen-bond acceptors (Lipinski definition) is 4. The molecule has 5 heteroatoms. The molecule has 0 fully saturated rings. The summed E-state index contributed by atoms with van der Waals surface area (Å²) < 4.78 is 5.37. The molecule has 1 N–H and O–H groups in total. The van der Waals surface area contributed by atoms with E-state index in [9.17, 15) is 9.90 Å². The Morgan fingerprint density at radius 3 is 2.61 bits per heavy atom. The first-order chi connectivity index (χ1) is 10.8. The molecule has 0 radical (unpaired) electrons. The fraction of sp³-hybridized carbons (Fsp3) is 0.333. The zero-order valence-corrected chi connectivity index (χ0v) is 13.9. The SMILES string of the molecule is COc1ccc(C(=O)N(C)CC(C)(C)O)cc1-c1ccccn1. The summed E-state index contributed by atoms with van der Waals surface area (Å²) in [6.07, 6.45) is 1.70. The summed E-state index contributed by atoms with van der Waals surface area (Å²) >= 11 is 0. The van der Waals surface area contributed by atoms with E-state index in [1.807, 2.05) is 18.2 Å². The van der Waals surface area contributed by atoms with Crippen LogP contribution in [0.25, 0.3) is 11.3 Å². The minimum absolute atomic E-state index is 0.160. The van der Waals surface area contributed by atoms with E-state index < -0.39 is 5.60 Å². The summed E-state index contributed by atoms with van der Waals surface area (Å²) in [6, 6.07) is 10.8. The predicted octanol–water partition coefficient (Wildman–Crippen LogP) is 2.60. The van der Waals surface area contributed by atoms with Gasteiger partial charge in [0.15, 0.2) is 0 Å². The maximum absolute atomic E-state index is 12.6. The zero-order valence-electron chi connectivity index (χ0n) is 13.9. The summed E-state index contributed by atoms with van der Waals surface area (Å²) in [6.45, 7) is 3.59. The Labute approximate surface area is 136 Å². The fourth-order valence-corrected chi connectivity index (χ4v) is 2.44. The molecule has 2 rings (SSSR count). The van der Waals surface area contributed by atoms with Crippen LogP contribution in [0.3, 0.4) is 0 Å². The summed E-state index contributed by atoms with van der Waals surface area (Å²) in [5, 5.41) is 9.87. The van der Waals surface area contributed by atoms with E-state index in [0.717, 1.165) is 11.3 Å². The van der Waals surface area contributed by atoms with Gasteiger partial charge in [0.1, 0.15) is 5.75 Å². The number of carbonyl (C=O) groups excluding carboxylic acids is 1. The monoisotopic (exact) mass is 314 g/mol. The van der Waals surface area contributed by atoms with Crippen molar-refractivity contribution < 1.29 is 14.6 Å². The molecule has 0 aliphatic heterocycles. The van der Waals surface area contributed by atoms with Crippen molar-refractivity contribution in [2.24, 2.45) is 0 Å². The first kappa shape index (κ1) is 17.0. The molecule has 0 saturated heterocycles. The number of likely N-dealkylation sites (N-methyl/N-ethyl adjacent to an activating group) is 1. The summed E-state index contributed by atoms with van der Waals surface area (Å²) in [4.78, 5) is 18.4. The van der Waals surface area contributed by atoms with Crippen LogP contribution < -0.4 is 4.74 Å². The summed E-state index contributed by atoms with van der Waals surface area (Å²) in [5.41, 5.74) is 1.08. The highest BCUT2D eigenvalue weighted by atomic mass is 16.5. The molecule has 0 atom stereocenters. The smallest absolute Gasteiger partial charge is 0.253 e. The van der Waals surface area contributed by atoms with Gasteiger partial charge in [-0.3, -0.25) is 9.78 Å². The van der Waals surface area contributed by atoms with Gasteiger partial charge >= 0.3 is 0 Å². The highest BCUT2D eigenvalue weighted by molar-refractivity contribution is 5.95. The van der Waals surface area contributed by atoms with Crippen LogP contribution in [0.2, 0.25) is 0 Å². The van der Waals surface area contributed by atoms with Gasteiger partial charge in [-0.15, -0.1) is 0 Å². The number of ether oxygens (including phenoxy) is 1. The van der Waals surface area contributed by atoms with Gasteiger partial charge in [-0.05, 0) is 44.2 Å². The third-order valence-electron chi connectivity index (χ3n) is 3.36. The standard InChI is InChI=1S/C18H22N2O3/c1-18(2,22)12-20(3)17(21)13-8-9-16(23-4)14(11-13)15-7-5-6-10-19-15/h5-11,22H,12H2,1-4H3. The Hall–Kier alpha value is -2.40. The molecule has 0 saturated carbocycles. The van der Waals surface area contributed by atoms with Gasteiger partial charge in [0.25, 0.3) is 5.91 Å².